The summed E-state index contributed by atoms with van der Waals surface area (Å²) >= 11 is 5.99. The molecule has 176 valence electrons. The van der Waals surface area contributed by atoms with E-state index in [2.05, 4.69) is 15.3 Å². The molecular formula is C25H26ClN5O3. The van der Waals surface area contributed by atoms with E-state index in [-0.39, 0.29) is 23.8 Å². The first-order valence-electron chi connectivity index (χ1n) is 11.5. The third-order valence-electron chi connectivity index (χ3n) is 6.50. The fourth-order valence-electron chi connectivity index (χ4n) is 4.50. The number of likely N-dealkylation sites (tertiary alicyclic amines) is 1. The number of piperidine rings is 1. The van der Waals surface area contributed by atoms with E-state index in [4.69, 9.17) is 16.3 Å². The molecule has 1 fully saturated rings. The maximum Gasteiger partial charge on any atom is 0.274 e. The molecule has 1 N–H and O–H groups in total. The van der Waals surface area contributed by atoms with Crippen molar-refractivity contribution in [2.45, 2.75) is 38.6 Å². The Morgan fingerprint density at radius 3 is 2.62 bits per heavy atom. The third kappa shape index (κ3) is 4.83. The maximum absolute atomic E-state index is 13.2. The lowest BCUT2D eigenvalue weighted by Crippen LogP contribution is -2.43. The second kappa shape index (κ2) is 9.95. The predicted molar refractivity (Wildman–Crippen MR) is 126 cm³/mol. The number of halogens is 1. The molecule has 2 aromatic heterocycles. The number of nitrogens with zero attached hydrogens (tertiary/aromatic N) is 4. The number of rotatable bonds is 5. The minimum atomic E-state index is -0.109. The normalized spacial score (nSPS) is 18.4. The lowest BCUT2D eigenvalue weighted by molar-refractivity contribution is -0.126. The van der Waals surface area contributed by atoms with E-state index >= 15 is 0 Å². The van der Waals surface area contributed by atoms with Crippen molar-refractivity contribution in [1.29, 1.82) is 0 Å². The highest BCUT2D eigenvalue weighted by atomic mass is 35.5. The van der Waals surface area contributed by atoms with Crippen molar-refractivity contribution >= 4 is 23.4 Å². The van der Waals surface area contributed by atoms with E-state index in [1.54, 1.807) is 17.4 Å². The summed E-state index contributed by atoms with van der Waals surface area (Å²) in [6.07, 6.45) is 4.58. The Morgan fingerprint density at radius 2 is 1.88 bits per heavy atom. The van der Waals surface area contributed by atoms with Crippen molar-refractivity contribution in [3.05, 3.63) is 82.7 Å². The summed E-state index contributed by atoms with van der Waals surface area (Å²) in [7, 11) is 0. The third-order valence-corrected chi connectivity index (χ3v) is 6.75. The summed E-state index contributed by atoms with van der Waals surface area (Å²) in [4.78, 5) is 36.2. The van der Waals surface area contributed by atoms with Gasteiger partial charge in [0.1, 0.15) is 6.10 Å². The van der Waals surface area contributed by atoms with Crippen LogP contribution < -0.4 is 5.32 Å². The summed E-state index contributed by atoms with van der Waals surface area (Å²) < 4.78 is 8.04. The highest BCUT2D eigenvalue weighted by Gasteiger charge is 2.32. The van der Waals surface area contributed by atoms with Crippen molar-refractivity contribution in [3.8, 4) is 0 Å². The maximum atomic E-state index is 13.2. The van der Waals surface area contributed by atoms with Crippen LogP contribution in [0.5, 0.6) is 0 Å². The minimum absolute atomic E-state index is 0.0127. The Morgan fingerprint density at radius 1 is 1.09 bits per heavy atom. The van der Waals surface area contributed by atoms with Crippen LogP contribution in [0.2, 0.25) is 5.02 Å². The molecule has 0 aliphatic carbocycles. The largest absolute Gasteiger partial charge is 0.365 e. The number of carbonyl (C=O) groups excluding carboxylic acids is 2. The lowest BCUT2D eigenvalue weighted by atomic mass is 9.95. The van der Waals surface area contributed by atoms with Crippen LogP contribution in [0.15, 0.2) is 55.0 Å². The van der Waals surface area contributed by atoms with Crippen molar-refractivity contribution < 1.29 is 14.3 Å². The van der Waals surface area contributed by atoms with E-state index in [0.717, 1.165) is 17.0 Å². The molecule has 0 radical (unpaired) electrons. The number of nitrogens with one attached hydrogen (secondary N) is 1. The van der Waals surface area contributed by atoms with Gasteiger partial charge >= 0.3 is 0 Å². The van der Waals surface area contributed by atoms with Crippen molar-refractivity contribution in [3.63, 3.8) is 0 Å². The molecule has 0 saturated carbocycles. The second-order valence-electron chi connectivity index (χ2n) is 8.65. The van der Waals surface area contributed by atoms with Crippen LogP contribution >= 0.6 is 11.6 Å². The first kappa shape index (κ1) is 22.6. The van der Waals surface area contributed by atoms with Crippen LogP contribution in [0.4, 0.5) is 0 Å². The highest BCUT2D eigenvalue weighted by molar-refractivity contribution is 6.30. The predicted octanol–water partition coefficient (Wildman–Crippen LogP) is 3.37. The Hall–Kier alpha value is -3.23. The van der Waals surface area contributed by atoms with Crippen LogP contribution in [-0.4, -0.2) is 44.3 Å². The van der Waals surface area contributed by atoms with Crippen molar-refractivity contribution in [2.75, 3.05) is 13.1 Å². The zero-order valence-corrected chi connectivity index (χ0v) is 19.4. The second-order valence-corrected chi connectivity index (χ2v) is 9.09. The van der Waals surface area contributed by atoms with Gasteiger partial charge in [-0.3, -0.25) is 14.6 Å². The Balaban J connectivity index is 1.16. The summed E-state index contributed by atoms with van der Waals surface area (Å²) in [6.45, 7) is 2.38. The standard InChI is InChI=1S/C25H26ClN5O3/c26-19-6-4-17(5-7-19)22-14-31-16-29-23(21(31)15-34-22)25(33)30-11-8-18(9-12-30)24(32)28-13-20-3-1-2-10-27-20/h1-7,10,16,18,22H,8-9,11-15H2,(H,28,32)/t22-/m0/s1. The SMILES string of the molecule is O=C(NCc1ccccn1)C1CCN(C(=O)c2ncn3c2CO[C@H](c2ccc(Cl)cc2)C3)CC1. The van der Waals surface area contributed by atoms with Crippen LogP contribution in [0.25, 0.3) is 0 Å². The van der Waals surface area contributed by atoms with Gasteiger partial charge in [-0.05, 0) is 42.7 Å². The van der Waals surface area contributed by atoms with Crippen LogP contribution in [0.1, 0.15) is 46.4 Å². The average Bonchev–Trinajstić information content (AvgIpc) is 3.31. The first-order chi connectivity index (χ1) is 16.6. The van der Waals surface area contributed by atoms with E-state index in [1.807, 2.05) is 47.0 Å². The van der Waals surface area contributed by atoms with Gasteiger partial charge < -0.3 is 19.5 Å². The number of carbonyl (C=O) groups is 2. The van der Waals surface area contributed by atoms with Crippen LogP contribution in [0, 0.1) is 5.92 Å². The molecule has 2 aliphatic heterocycles. The molecule has 0 unspecified atom stereocenters. The van der Waals surface area contributed by atoms with Crippen molar-refractivity contribution in [1.82, 2.24) is 24.8 Å². The molecule has 4 heterocycles. The molecule has 1 aromatic carbocycles. The molecule has 5 rings (SSSR count). The fourth-order valence-corrected chi connectivity index (χ4v) is 4.63. The molecule has 8 nitrogen and oxygen atoms in total. The number of hydrogen-bond acceptors (Lipinski definition) is 5. The quantitative estimate of drug-likeness (QED) is 0.606. The lowest BCUT2D eigenvalue weighted by Gasteiger charge is -2.31. The summed E-state index contributed by atoms with van der Waals surface area (Å²) in [6, 6.07) is 13.2. The summed E-state index contributed by atoms with van der Waals surface area (Å²) in [5, 5.41) is 3.64. The molecule has 0 spiro atoms. The topological polar surface area (TPSA) is 89.4 Å². The molecule has 2 aliphatic rings. The van der Waals surface area contributed by atoms with E-state index in [9.17, 15) is 9.59 Å². The molecule has 9 heteroatoms. The van der Waals surface area contributed by atoms with Gasteiger partial charge in [0.25, 0.3) is 5.91 Å². The zero-order valence-electron chi connectivity index (χ0n) is 18.7. The van der Waals surface area contributed by atoms with Crippen LogP contribution in [-0.2, 0) is 29.2 Å². The highest BCUT2D eigenvalue weighted by Crippen LogP contribution is 2.29. The molecular weight excluding hydrogens is 454 g/mol. The van der Waals surface area contributed by atoms with Gasteiger partial charge in [-0.2, -0.15) is 0 Å². The molecule has 3 aromatic rings. The number of ether oxygens (including phenoxy) is 1. The molecule has 34 heavy (non-hydrogen) atoms. The number of benzene rings is 1. The zero-order chi connectivity index (χ0) is 23.5. The van der Waals surface area contributed by atoms with Crippen LogP contribution in [0.3, 0.4) is 0 Å². The minimum Gasteiger partial charge on any atom is -0.365 e. The number of amides is 2. The number of imidazole rings is 1. The smallest absolute Gasteiger partial charge is 0.274 e. The van der Waals surface area contributed by atoms with E-state index in [1.165, 1.54) is 0 Å². The van der Waals surface area contributed by atoms with Gasteiger partial charge in [0.2, 0.25) is 5.91 Å². The van der Waals surface area contributed by atoms with E-state index in [0.29, 0.717) is 56.3 Å². The number of aromatic nitrogens is 3. The van der Waals surface area contributed by atoms with Crippen molar-refractivity contribution in [2.24, 2.45) is 5.92 Å². The fraction of sp³-hybridized carbons (Fsp3) is 0.360. The van der Waals surface area contributed by atoms with Gasteiger partial charge in [-0.25, -0.2) is 4.98 Å². The van der Waals surface area contributed by atoms with Gasteiger partial charge in [-0.15, -0.1) is 0 Å². The molecule has 0 bridgehead atoms. The number of hydrogen-bond donors (Lipinski definition) is 1. The Bertz CT molecular complexity index is 1160. The Labute approximate surface area is 202 Å². The number of fused-ring (bicyclic) bond motifs is 1. The summed E-state index contributed by atoms with van der Waals surface area (Å²) in [5.41, 5.74) is 3.10. The van der Waals surface area contributed by atoms with E-state index < -0.39 is 0 Å². The molecule has 1 atom stereocenters. The molecule has 2 amide bonds. The monoisotopic (exact) mass is 479 g/mol. The van der Waals surface area contributed by atoms with Gasteiger partial charge in [0.15, 0.2) is 5.69 Å². The number of pyridine rings is 1. The first-order valence-corrected chi connectivity index (χ1v) is 11.8. The van der Waals surface area contributed by atoms with Gasteiger partial charge in [-0.1, -0.05) is 29.8 Å². The Kier molecular flexibility index (Phi) is 6.60. The van der Waals surface area contributed by atoms with Gasteiger partial charge in [0.05, 0.1) is 37.4 Å². The molecule has 1 saturated heterocycles. The summed E-state index contributed by atoms with van der Waals surface area (Å²) in [5.74, 6) is -0.194. The average molecular weight is 480 g/mol. The van der Waals surface area contributed by atoms with Gasteiger partial charge in [0, 0.05) is 30.2 Å².